The van der Waals surface area contributed by atoms with Crippen molar-refractivity contribution in [2.24, 2.45) is 17.8 Å². The molecule has 0 N–H and O–H groups in total. The quantitative estimate of drug-likeness (QED) is 0.306. The van der Waals surface area contributed by atoms with Crippen LogP contribution in [0.15, 0.2) is 11.9 Å². The van der Waals surface area contributed by atoms with Gasteiger partial charge in [0.05, 0.1) is 6.10 Å². The zero-order valence-electron chi connectivity index (χ0n) is 16.7. The van der Waals surface area contributed by atoms with E-state index in [0.717, 1.165) is 44.1 Å². The van der Waals surface area contributed by atoms with Gasteiger partial charge in [-0.2, -0.15) is 9.65 Å². The van der Waals surface area contributed by atoms with Crippen LogP contribution in [-0.4, -0.2) is 12.7 Å². The summed E-state index contributed by atoms with van der Waals surface area (Å²) in [7, 11) is 0. The predicted octanol–water partition coefficient (Wildman–Crippen LogP) is 7.11. The fourth-order valence-electron chi connectivity index (χ4n) is 4.66. The molecule has 0 heterocycles. The van der Waals surface area contributed by atoms with Crippen LogP contribution in [0.4, 0.5) is 4.39 Å². The number of rotatable bonds is 10. The molecule has 0 aromatic carbocycles. The molecule has 0 aromatic heterocycles. The molecule has 0 aliphatic heterocycles. The van der Waals surface area contributed by atoms with Crippen LogP contribution in [-0.2, 0) is 4.74 Å². The topological polar surface area (TPSA) is 33.0 Å². The molecular formula is C23H38FNO. The Labute approximate surface area is 160 Å². The van der Waals surface area contributed by atoms with Gasteiger partial charge in [0, 0.05) is 6.61 Å². The highest BCUT2D eigenvalue weighted by Crippen LogP contribution is 2.34. The summed E-state index contributed by atoms with van der Waals surface area (Å²) in [5.74, 6) is 1.31. The number of unbranched alkanes of at least 4 members (excludes halogenated alkanes) is 4. The van der Waals surface area contributed by atoms with Crippen molar-refractivity contribution in [1.82, 2.24) is 0 Å². The first kappa shape index (κ1) is 21.4. The average molecular weight is 364 g/mol. The molecule has 2 saturated carbocycles. The summed E-state index contributed by atoms with van der Waals surface area (Å²) in [6.45, 7) is 3.20. The summed E-state index contributed by atoms with van der Waals surface area (Å²) in [4.78, 5) is 0. The fraction of sp³-hybridized carbons (Fsp3) is 0.870. The van der Waals surface area contributed by atoms with Crippen LogP contribution in [0.2, 0.25) is 0 Å². The van der Waals surface area contributed by atoms with E-state index in [2.05, 4.69) is 6.92 Å². The third-order valence-electron chi connectivity index (χ3n) is 6.46. The molecule has 0 atom stereocenters. The number of hydrogen-bond donors (Lipinski definition) is 0. The number of nitrogens with zero attached hydrogens (tertiary/aromatic N) is 1. The van der Waals surface area contributed by atoms with E-state index in [1.807, 2.05) is 0 Å². The summed E-state index contributed by atoms with van der Waals surface area (Å²) in [5, 5.41) is 8.53. The van der Waals surface area contributed by atoms with Gasteiger partial charge >= 0.3 is 0 Å². The molecule has 2 rings (SSSR count). The molecule has 26 heavy (non-hydrogen) atoms. The molecule has 0 unspecified atom stereocenters. The third-order valence-corrected chi connectivity index (χ3v) is 6.46. The van der Waals surface area contributed by atoms with Gasteiger partial charge in [-0.1, -0.05) is 58.3 Å². The first-order valence-electron chi connectivity index (χ1n) is 11.1. The molecule has 3 heteroatoms. The van der Waals surface area contributed by atoms with E-state index < -0.39 is 5.83 Å². The van der Waals surface area contributed by atoms with Crippen LogP contribution in [0.3, 0.4) is 0 Å². The molecule has 2 aliphatic rings. The lowest BCUT2D eigenvalue weighted by molar-refractivity contribution is -0.00672. The SMILES string of the molecule is CCCCCCC[C@H]1CC[C@H](CO[C@H]2CC[C@H](C=C(F)C#N)CC2)CC1. The van der Waals surface area contributed by atoms with Gasteiger partial charge in [0.15, 0.2) is 5.83 Å². The molecule has 2 aliphatic carbocycles. The van der Waals surface area contributed by atoms with Crippen molar-refractivity contribution in [3.63, 3.8) is 0 Å². The summed E-state index contributed by atoms with van der Waals surface area (Å²) in [6.07, 6.45) is 19.7. The van der Waals surface area contributed by atoms with E-state index in [9.17, 15) is 4.39 Å². The van der Waals surface area contributed by atoms with Crippen molar-refractivity contribution in [2.75, 3.05) is 6.61 Å². The second kappa shape index (κ2) is 12.5. The highest BCUT2D eigenvalue weighted by molar-refractivity contribution is 5.13. The molecule has 0 amide bonds. The summed E-state index contributed by atoms with van der Waals surface area (Å²) >= 11 is 0. The Morgan fingerprint density at radius 2 is 1.62 bits per heavy atom. The third kappa shape index (κ3) is 8.21. The Morgan fingerprint density at radius 1 is 0.962 bits per heavy atom. The van der Waals surface area contributed by atoms with E-state index in [-0.39, 0.29) is 5.92 Å². The van der Waals surface area contributed by atoms with Crippen LogP contribution < -0.4 is 0 Å². The fourth-order valence-corrected chi connectivity index (χ4v) is 4.66. The molecule has 0 aromatic rings. The molecule has 148 valence electrons. The average Bonchev–Trinajstić information content (AvgIpc) is 2.68. The second-order valence-corrected chi connectivity index (χ2v) is 8.59. The Balaban J connectivity index is 1.52. The monoisotopic (exact) mass is 363 g/mol. The Bertz CT molecular complexity index is 440. The molecular weight excluding hydrogens is 325 g/mol. The molecule has 0 spiro atoms. The van der Waals surface area contributed by atoms with E-state index >= 15 is 0 Å². The maximum Gasteiger partial charge on any atom is 0.196 e. The Hall–Kier alpha value is -0.880. The molecule has 2 nitrogen and oxygen atoms in total. The maximum atomic E-state index is 13.0. The van der Waals surface area contributed by atoms with Gasteiger partial charge in [-0.15, -0.1) is 0 Å². The van der Waals surface area contributed by atoms with E-state index in [1.54, 1.807) is 6.07 Å². The lowest BCUT2D eigenvalue weighted by Crippen LogP contribution is -2.25. The van der Waals surface area contributed by atoms with Gasteiger partial charge in [-0.05, 0) is 62.4 Å². The molecule has 0 bridgehead atoms. The zero-order valence-corrected chi connectivity index (χ0v) is 16.7. The normalized spacial score (nSPS) is 30.1. The van der Waals surface area contributed by atoms with E-state index in [4.69, 9.17) is 10.00 Å². The van der Waals surface area contributed by atoms with Crippen molar-refractivity contribution < 1.29 is 9.13 Å². The summed E-state index contributed by atoms with van der Waals surface area (Å²) < 4.78 is 19.2. The lowest BCUT2D eigenvalue weighted by Gasteiger charge is -2.31. The smallest absolute Gasteiger partial charge is 0.196 e. The zero-order chi connectivity index (χ0) is 18.6. The number of nitriles is 1. The van der Waals surface area contributed by atoms with Crippen LogP contribution in [0, 0.1) is 29.1 Å². The number of hydrogen-bond acceptors (Lipinski definition) is 2. The lowest BCUT2D eigenvalue weighted by atomic mass is 9.80. The molecule has 0 radical (unpaired) electrons. The largest absolute Gasteiger partial charge is 0.378 e. The Kier molecular flexibility index (Phi) is 10.3. The van der Waals surface area contributed by atoms with Gasteiger partial charge in [0.25, 0.3) is 0 Å². The van der Waals surface area contributed by atoms with Gasteiger partial charge in [0.1, 0.15) is 6.07 Å². The first-order chi connectivity index (χ1) is 12.7. The van der Waals surface area contributed by atoms with Crippen molar-refractivity contribution >= 4 is 0 Å². The molecule has 2 fully saturated rings. The minimum absolute atomic E-state index is 0.224. The van der Waals surface area contributed by atoms with Crippen LogP contribution in [0.25, 0.3) is 0 Å². The summed E-state index contributed by atoms with van der Waals surface area (Å²) in [6, 6.07) is 1.58. The number of ether oxygens (including phenoxy) is 1. The number of allylic oxidation sites excluding steroid dienone is 2. The maximum absolute atomic E-state index is 13.0. The van der Waals surface area contributed by atoms with Crippen molar-refractivity contribution in [1.29, 1.82) is 5.26 Å². The first-order valence-corrected chi connectivity index (χ1v) is 11.1. The predicted molar refractivity (Wildman–Crippen MR) is 105 cm³/mol. The van der Waals surface area contributed by atoms with Crippen molar-refractivity contribution in [2.45, 2.75) is 103 Å². The minimum atomic E-state index is -0.628. The van der Waals surface area contributed by atoms with Gasteiger partial charge in [0.2, 0.25) is 0 Å². The second-order valence-electron chi connectivity index (χ2n) is 8.59. The standard InChI is InChI=1S/C23H38FNO/c1-2-3-4-5-6-7-19-8-10-21(11-9-19)18-26-23-14-12-20(13-15-23)16-22(24)17-25/h16,19-21,23H,2-15,18H2,1H3/t19-,20-,21-,23-. The van der Waals surface area contributed by atoms with E-state index in [1.165, 1.54) is 70.3 Å². The highest BCUT2D eigenvalue weighted by atomic mass is 19.1. The van der Waals surface area contributed by atoms with Crippen LogP contribution >= 0.6 is 0 Å². The van der Waals surface area contributed by atoms with Gasteiger partial charge in [-0.25, -0.2) is 0 Å². The van der Waals surface area contributed by atoms with Gasteiger partial charge < -0.3 is 4.74 Å². The molecule has 0 saturated heterocycles. The van der Waals surface area contributed by atoms with Crippen LogP contribution in [0.5, 0.6) is 0 Å². The Morgan fingerprint density at radius 3 is 2.27 bits per heavy atom. The number of halogens is 1. The van der Waals surface area contributed by atoms with Crippen molar-refractivity contribution in [3.05, 3.63) is 11.9 Å². The summed E-state index contributed by atoms with van der Waals surface area (Å²) in [5.41, 5.74) is 0. The highest BCUT2D eigenvalue weighted by Gasteiger charge is 2.24. The van der Waals surface area contributed by atoms with Crippen LogP contribution in [0.1, 0.15) is 96.8 Å². The van der Waals surface area contributed by atoms with Crippen molar-refractivity contribution in [3.8, 4) is 6.07 Å². The van der Waals surface area contributed by atoms with Gasteiger partial charge in [-0.3, -0.25) is 0 Å². The minimum Gasteiger partial charge on any atom is -0.378 e. The van der Waals surface area contributed by atoms with E-state index in [0.29, 0.717) is 6.10 Å².